The first-order valence-electron chi connectivity index (χ1n) is 5.06. The van der Waals surface area contributed by atoms with Crippen LogP contribution in [0.4, 0.5) is 4.39 Å². The van der Waals surface area contributed by atoms with Crippen molar-refractivity contribution in [1.29, 1.82) is 0 Å². The Morgan fingerprint density at radius 2 is 2.24 bits per heavy atom. The Hall–Kier alpha value is -1.59. The van der Waals surface area contributed by atoms with Crippen molar-refractivity contribution < 1.29 is 9.18 Å². The van der Waals surface area contributed by atoms with Gasteiger partial charge < -0.3 is 5.73 Å². The zero-order chi connectivity index (χ0) is 12.4. The van der Waals surface area contributed by atoms with Gasteiger partial charge in [0.25, 0.3) is 0 Å². The van der Waals surface area contributed by atoms with Crippen LogP contribution in [-0.4, -0.2) is 10.8 Å². The number of rotatable bonds is 3. The molecule has 1 aromatic carbocycles. The Labute approximate surface area is 102 Å². The first-order chi connectivity index (χ1) is 8.10. The Bertz CT molecular complexity index is 545. The van der Waals surface area contributed by atoms with Gasteiger partial charge in [0.2, 0.25) is 5.78 Å². The van der Waals surface area contributed by atoms with E-state index in [9.17, 15) is 9.18 Å². The highest BCUT2D eigenvalue weighted by atomic mass is 32.1. The number of nitrogens with two attached hydrogens (primary N) is 1. The molecule has 0 fully saturated rings. The second-order valence-electron chi connectivity index (χ2n) is 3.68. The summed E-state index contributed by atoms with van der Waals surface area (Å²) in [6.45, 7) is 2.05. The highest BCUT2D eigenvalue weighted by Crippen LogP contribution is 2.16. The summed E-state index contributed by atoms with van der Waals surface area (Å²) in [4.78, 5) is 16.1. The van der Waals surface area contributed by atoms with Crippen molar-refractivity contribution in [2.45, 2.75) is 13.5 Å². The van der Waals surface area contributed by atoms with E-state index in [0.717, 1.165) is 0 Å². The molecular weight excluding hydrogens is 239 g/mol. The third-order valence-corrected chi connectivity index (χ3v) is 3.13. The van der Waals surface area contributed by atoms with Crippen LogP contribution in [0.2, 0.25) is 0 Å². The lowest BCUT2D eigenvalue weighted by atomic mass is 10.1. The van der Waals surface area contributed by atoms with Gasteiger partial charge in [0.1, 0.15) is 16.5 Å². The minimum absolute atomic E-state index is 0.274. The minimum Gasteiger partial charge on any atom is -0.325 e. The summed E-state index contributed by atoms with van der Waals surface area (Å²) >= 11 is 1.33. The Kier molecular flexibility index (Phi) is 3.31. The fraction of sp³-hybridized carbons (Fsp3) is 0.167. The lowest BCUT2D eigenvalue weighted by molar-refractivity contribution is 0.103. The van der Waals surface area contributed by atoms with Gasteiger partial charge in [-0.1, -0.05) is 0 Å². The molecule has 1 aromatic heterocycles. The number of carbonyl (C=O) groups excluding carboxylic acids is 1. The van der Waals surface area contributed by atoms with Gasteiger partial charge >= 0.3 is 0 Å². The molecular formula is C12H11FN2OS. The summed E-state index contributed by atoms with van der Waals surface area (Å²) in [6.07, 6.45) is 0. The third kappa shape index (κ3) is 2.57. The lowest BCUT2D eigenvalue weighted by Crippen LogP contribution is -2.04. The molecule has 0 aliphatic carbocycles. The SMILES string of the molecule is Cc1cc(F)cc(C(=O)c2csc(CN)n2)c1. The number of benzene rings is 1. The molecule has 0 spiro atoms. The van der Waals surface area contributed by atoms with Crippen molar-refractivity contribution in [3.63, 3.8) is 0 Å². The van der Waals surface area contributed by atoms with Gasteiger partial charge in [0.15, 0.2) is 0 Å². The van der Waals surface area contributed by atoms with Crippen LogP contribution in [0.15, 0.2) is 23.6 Å². The molecule has 0 bridgehead atoms. The molecule has 0 aliphatic rings. The molecule has 0 saturated carbocycles. The van der Waals surface area contributed by atoms with Gasteiger partial charge in [-0.3, -0.25) is 4.79 Å². The quantitative estimate of drug-likeness (QED) is 0.850. The van der Waals surface area contributed by atoms with Crippen LogP contribution in [0.25, 0.3) is 0 Å². The molecule has 0 unspecified atom stereocenters. The third-order valence-electron chi connectivity index (χ3n) is 2.26. The molecule has 0 aliphatic heterocycles. The Morgan fingerprint density at radius 1 is 1.47 bits per heavy atom. The second-order valence-corrected chi connectivity index (χ2v) is 4.62. The first-order valence-corrected chi connectivity index (χ1v) is 5.94. The van der Waals surface area contributed by atoms with Gasteiger partial charge in [-0.2, -0.15) is 0 Å². The fourth-order valence-corrected chi connectivity index (χ4v) is 2.18. The predicted molar refractivity (Wildman–Crippen MR) is 64.6 cm³/mol. The molecule has 2 aromatic rings. The minimum atomic E-state index is -0.414. The summed E-state index contributed by atoms with van der Waals surface area (Å²) in [5, 5.41) is 2.34. The summed E-state index contributed by atoms with van der Waals surface area (Å²) in [7, 11) is 0. The average Bonchev–Trinajstić information content (AvgIpc) is 2.75. The Balaban J connectivity index is 2.36. The average molecular weight is 250 g/mol. The maximum absolute atomic E-state index is 13.2. The van der Waals surface area contributed by atoms with Crippen molar-refractivity contribution >= 4 is 17.1 Å². The topological polar surface area (TPSA) is 56.0 Å². The molecule has 1 heterocycles. The largest absolute Gasteiger partial charge is 0.325 e. The highest BCUT2D eigenvalue weighted by Gasteiger charge is 2.14. The Morgan fingerprint density at radius 3 is 2.82 bits per heavy atom. The van der Waals surface area contributed by atoms with E-state index in [1.807, 2.05) is 0 Å². The standard InChI is InChI=1S/C12H11FN2OS/c1-7-2-8(4-9(13)3-7)12(16)10-6-17-11(5-14)15-10/h2-4,6H,5,14H2,1H3. The van der Waals surface area contributed by atoms with E-state index >= 15 is 0 Å². The van der Waals surface area contributed by atoms with E-state index in [2.05, 4.69) is 4.98 Å². The van der Waals surface area contributed by atoms with Gasteiger partial charge in [0.05, 0.1) is 0 Å². The number of aryl methyl sites for hydroxylation is 1. The molecule has 2 N–H and O–H groups in total. The van der Waals surface area contributed by atoms with Gasteiger partial charge in [-0.05, 0) is 30.7 Å². The summed E-state index contributed by atoms with van der Waals surface area (Å²) in [5.74, 6) is -0.689. The zero-order valence-corrected chi connectivity index (χ0v) is 10.1. The number of nitrogens with zero attached hydrogens (tertiary/aromatic N) is 1. The predicted octanol–water partition coefficient (Wildman–Crippen LogP) is 2.28. The van der Waals surface area contributed by atoms with Crippen LogP contribution in [-0.2, 0) is 6.54 Å². The normalized spacial score (nSPS) is 10.5. The number of hydrogen-bond acceptors (Lipinski definition) is 4. The van der Waals surface area contributed by atoms with E-state index in [-0.39, 0.29) is 5.78 Å². The summed E-state index contributed by atoms with van der Waals surface area (Å²) < 4.78 is 13.2. The van der Waals surface area contributed by atoms with Gasteiger partial charge in [-0.15, -0.1) is 11.3 Å². The molecule has 88 valence electrons. The highest BCUT2D eigenvalue weighted by molar-refractivity contribution is 7.09. The van der Waals surface area contributed by atoms with Crippen molar-refractivity contribution in [2.24, 2.45) is 5.73 Å². The molecule has 2 rings (SSSR count). The van der Waals surface area contributed by atoms with Crippen LogP contribution in [0.3, 0.4) is 0 Å². The van der Waals surface area contributed by atoms with Crippen LogP contribution < -0.4 is 5.73 Å². The fourth-order valence-electron chi connectivity index (χ4n) is 1.52. The van der Waals surface area contributed by atoms with Crippen molar-refractivity contribution in [1.82, 2.24) is 4.98 Å². The van der Waals surface area contributed by atoms with E-state index in [1.165, 1.54) is 23.5 Å². The number of ketones is 1. The number of aromatic nitrogens is 1. The van der Waals surface area contributed by atoms with Gasteiger partial charge in [-0.25, -0.2) is 9.37 Å². The molecule has 3 nitrogen and oxygen atoms in total. The van der Waals surface area contributed by atoms with E-state index in [4.69, 9.17) is 5.73 Å². The van der Waals surface area contributed by atoms with Crippen LogP contribution >= 0.6 is 11.3 Å². The van der Waals surface area contributed by atoms with Crippen LogP contribution in [0.5, 0.6) is 0 Å². The number of carbonyl (C=O) groups is 1. The van der Waals surface area contributed by atoms with E-state index in [1.54, 1.807) is 18.4 Å². The van der Waals surface area contributed by atoms with Crippen LogP contribution in [0, 0.1) is 12.7 Å². The molecule has 0 saturated heterocycles. The number of thiazole rings is 1. The van der Waals surface area contributed by atoms with Crippen LogP contribution in [0.1, 0.15) is 26.6 Å². The van der Waals surface area contributed by atoms with E-state index in [0.29, 0.717) is 28.4 Å². The maximum atomic E-state index is 13.2. The molecule has 17 heavy (non-hydrogen) atoms. The van der Waals surface area contributed by atoms with E-state index < -0.39 is 5.82 Å². The zero-order valence-electron chi connectivity index (χ0n) is 9.24. The summed E-state index contributed by atoms with van der Waals surface area (Å²) in [5.41, 5.74) is 6.77. The molecule has 0 atom stereocenters. The smallest absolute Gasteiger partial charge is 0.212 e. The van der Waals surface area contributed by atoms with Crippen molar-refractivity contribution in [3.8, 4) is 0 Å². The molecule has 0 radical (unpaired) electrons. The summed E-state index contributed by atoms with van der Waals surface area (Å²) in [6, 6.07) is 4.24. The number of hydrogen-bond donors (Lipinski definition) is 1. The molecule has 5 heteroatoms. The first kappa shape index (κ1) is 11.9. The molecule has 0 amide bonds. The van der Waals surface area contributed by atoms with Crippen molar-refractivity contribution in [2.75, 3.05) is 0 Å². The van der Waals surface area contributed by atoms with Crippen molar-refractivity contribution in [3.05, 3.63) is 51.2 Å². The second kappa shape index (κ2) is 4.73. The van der Waals surface area contributed by atoms with Gasteiger partial charge in [0, 0.05) is 17.5 Å². The maximum Gasteiger partial charge on any atom is 0.212 e. The number of halogens is 1. The monoisotopic (exact) mass is 250 g/mol. The lowest BCUT2D eigenvalue weighted by Gasteiger charge is -2.00.